The highest BCUT2D eigenvalue weighted by molar-refractivity contribution is 7.80. The lowest BCUT2D eigenvalue weighted by atomic mass is 9.86. The van der Waals surface area contributed by atoms with E-state index >= 15 is 0 Å². The molecule has 0 spiro atoms. The summed E-state index contributed by atoms with van der Waals surface area (Å²) in [7, 11) is 0. The number of thiocarbonyl (C=S) groups is 1. The van der Waals surface area contributed by atoms with Crippen LogP contribution in [-0.2, 0) is 9.59 Å². The predicted molar refractivity (Wildman–Crippen MR) is 149 cm³/mol. The molecule has 35 heavy (non-hydrogen) atoms. The molecule has 5 nitrogen and oxygen atoms in total. The van der Waals surface area contributed by atoms with Crippen LogP contribution < -0.4 is 15.1 Å². The minimum Gasteiger partial charge on any atom is -0.362 e. The van der Waals surface area contributed by atoms with Crippen molar-refractivity contribution >= 4 is 52.2 Å². The number of hydrogen-bond donors (Lipinski definition) is 1. The molecule has 0 saturated carbocycles. The molecule has 1 N–H and O–H groups in total. The zero-order chi connectivity index (χ0) is 25.7. The summed E-state index contributed by atoms with van der Waals surface area (Å²) in [5.41, 5.74) is 8.04. The van der Waals surface area contributed by atoms with Crippen LogP contribution in [-0.4, -0.2) is 29.0 Å². The molecule has 1 saturated heterocycles. The Kier molecular flexibility index (Phi) is 6.45. The van der Waals surface area contributed by atoms with Crippen LogP contribution in [0.2, 0.25) is 0 Å². The van der Waals surface area contributed by atoms with Gasteiger partial charge in [-0.05, 0) is 118 Å². The summed E-state index contributed by atoms with van der Waals surface area (Å²) in [4.78, 5) is 30.3. The van der Waals surface area contributed by atoms with Crippen LogP contribution in [0.25, 0.3) is 11.6 Å². The monoisotopic (exact) mass is 487 g/mol. The molecule has 2 heterocycles. The highest BCUT2D eigenvalue weighted by atomic mass is 32.1. The van der Waals surface area contributed by atoms with E-state index in [0.29, 0.717) is 5.69 Å². The third-order valence-corrected chi connectivity index (χ3v) is 6.96. The predicted octanol–water partition coefficient (Wildman–Crippen LogP) is 5.86. The van der Waals surface area contributed by atoms with Crippen LogP contribution in [0.1, 0.15) is 61.9 Å². The first kappa shape index (κ1) is 24.9. The van der Waals surface area contributed by atoms with Crippen LogP contribution in [0.5, 0.6) is 0 Å². The van der Waals surface area contributed by atoms with Gasteiger partial charge in [0.15, 0.2) is 5.11 Å². The molecule has 4 rings (SSSR count). The number of aryl methyl sites for hydroxylation is 3. The second kappa shape index (κ2) is 9.08. The van der Waals surface area contributed by atoms with Gasteiger partial charge in [0, 0.05) is 17.8 Å². The molecule has 0 unspecified atom stereocenters. The van der Waals surface area contributed by atoms with Gasteiger partial charge in [0.05, 0.1) is 11.2 Å². The molecule has 0 radical (unpaired) electrons. The van der Waals surface area contributed by atoms with Crippen molar-refractivity contribution in [3.63, 3.8) is 0 Å². The number of hydrogen-bond acceptors (Lipinski definition) is 4. The van der Waals surface area contributed by atoms with Gasteiger partial charge < -0.3 is 4.90 Å². The molecule has 2 aliphatic rings. The van der Waals surface area contributed by atoms with Gasteiger partial charge in [-0.3, -0.25) is 19.8 Å². The summed E-state index contributed by atoms with van der Waals surface area (Å²) >= 11 is 5.38. The molecule has 2 aromatic carbocycles. The molecule has 0 aromatic heterocycles. The number of carbonyl (C=O) groups excluding carboxylic acids is 2. The van der Waals surface area contributed by atoms with Crippen LogP contribution >= 0.6 is 12.2 Å². The Bertz CT molecular complexity index is 1300. The van der Waals surface area contributed by atoms with Crippen LogP contribution in [0.15, 0.2) is 42.0 Å². The topological polar surface area (TPSA) is 52.7 Å². The molecule has 6 heteroatoms. The first-order valence-corrected chi connectivity index (χ1v) is 12.5. The van der Waals surface area contributed by atoms with Gasteiger partial charge in [-0.1, -0.05) is 19.1 Å². The number of benzene rings is 2. The van der Waals surface area contributed by atoms with Crippen molar-refractivity contribution in [3.05, 3.63) is 69.8 Å². The van der Waals surface area contributed by atoms with E-state index in [-0.39, 0.29) is 16.2 Å². The zero-order valence-electron chi connectivity index (χ0n) is 21.6. The minimum absolute atomic E-state index is 0.0731. The molecule has 2 amide bonds. The summed E-state index contributed by atoms with van der Waals surface area (Å²) in [6.07, 6.45) is 5.03. The Morgan fingerprint density at radius 3 is 2.29 bits per heavy atom. The van der Waals surface area contributed by atoms with E-state index in [9.17, 15) is 9.59 Å². The maximum Gasteiger partial charge on any atom is 0.270 e. The van der Waals surface area contributed by atoms with Crippen molar-refractivity contribution in [2.75, 3.05) is 16.3 Å². The number of fused-ring (bicyclic) bond motifs is 1. The van der Waals surface area contributed by atoms with Gasteiger partial charge >= 0.3 is 0 Å². The van der Waals surface area contributed by atoms with E-state index < -0.39 is 11.8 Å². The largest absolute Gasteiger partial charge is 0.362 e. The van der Waals surface area contributed by atoms with Gasteiger partial charge in [0.2, 0.25) is 0 Å². The van der Waals surface area contributed by atoms with Crippen molar-refractivity contribution in [2.45, 2.75) is 60.4 Å². The first-order valence-electron chi connectivity index (χ1n) is 12.0. The van der Waals surface area contributed by atoms with Gasteiger partial charge in [0.1, 0.15) is 5.57 Å². The summed E-state index contributed by atoms with van der Waals surface area (Å²) < 4.78 is 0. The SMILES string of the molecule is CCCN1c2cc(C)c(/C=C3/C(=O)NC(=S)N(c4cc(C)cc(C)c4)C3=O)cc2C(C)=CC1(C)C. The first-order chi connectivity index (χ1) is 16.4. The Morgan fingerprint density at radius 1 is 1.00 bits per heavy atom. The molecule has 0 aliphatic carbocycles. The third-order valence-electron chi connectivity index (χ3n) is 6.68. The highest BCUT2D eigenvalue weighted by Crippen LogP contribution is 2.41. The van der Waals surface area contributed by atoms with E-state index in [0.717, 1.165) is 40.8 Å². The number of allylic oxidation sites excluding steroid dienone is 1. The Hall–Kier alpha value is -3.25. The fourth-order valence-corrected chi connectivity index (χ4v) is 5.44. The van der Waals surface area contributed by atoms with Crippen molar-refractivity contribution < 1.29 is 9.59 Å². The number of nitrogens with one attached hydrogen (secondary N) is 1. The Morgan fingerprint density at radius 2 is 1.66 bits per heavy atom. The zero-order valence-corrected chi connectivity index (χ0v) is 22.4. The maximum atomic E-state index is 13.6. The molecule has 1 fully saturated rings. The molecular formula is C29H33N3O2S. The fourth-order valence-electron chi connectivity index (χ4n) is 5.16. The molecule has 0 atom stereocenters. The normalized spacial score (nSPS) is 18.5. The van der Waals surface area contributed by atoms with Crippen LogP contribution in [0.4, 0.5) is 11.4 Å². The molecule has 2 aromatic rings. The average molecular weight is 488 g/mol. The number of carbonyl (C=O) groups is 2. The number of amides is 2. The van der Waals surface area contributed by atoms with Gasteiger partial charge in [-0.25, -0.2) is 0 Å². The van der Waals surface area contributed by atoms with E-state index in [4.69, 9.17) is 12.2 Å². The van der Waals surface area contributed by atoms with Gasteiger partial charge in [0.25, 0.3) is 11.8 Å². The maximum absolute atomic E-state index is 13.6. The highest BCUT2D eigenvalue weighted by Gasteiger charge is 2.35. The van der Waals surface area contributed by atoms with Gasteiger partial charge in [-0.2, -0.15) is 0 Å². The molecule has 0 bridgehead atoms. The Balaban J connectivity index is 1.80. The minimum atomic E-state index is -0.473. The van der Waals surface area contributed by atoms with E-state index in [1.165, 1.54) is 16.2 Å². The Labute approximate surface area is 213 Å². The average Bonchev–Trinajstić information content (AvgIpc) is 2.73. The van der Waals surface area contributed by atoms with Crippen molar-refractivity contribution in [1.29, 1.82) is 0 Å². The van der Waals surface area contributed by atoms with E-state index in [1.54, 1.807) is 6.08 Å². The quantitative estimate of drug-likeness (QED) is 0.334. The van der Waals surface area contributed by atoms with Crippen molar-refractivity contribution in [2.24, 2.45) is 0 Å². The van der Waals surface area contributed by atoms with Crippen LogP contribution in [0, 0.1) is 20.8 Å². The van der Waals surface area contributed by atoms with E-state index in [1.807, 2.05) is 39.0 Å². The van der Waals surface area contributed by atoms with Crippen molar-refractivity contribution in [3.8, 4) is 0 Å². The number of nitrogens with zero attached hydrogens (tertiary/aromatic N) is 2. The third kappa shape index (κ3) is 4.55. The lowest BCUT2D eigenvalue weighted by Crippen LogP contribution is -2.54. The summed E-state index contributed by atoms with van der Waals surface area (Å²) in [5, 5.41) is 2.80. The standard InChI is InChI=1S/C29H33N3O2S/c1-8-9-31-25-13-19(4)21(14-23(25)20(5)16-29(31,6)7)15-24-26(33)30-28(35)32(27(24)34)22-11-17(2)10-18(3)12-22/h10-16H,8-9H2,1-7H3,(H,30,33,35)/b24-15-. The lowest BCUT2D eigenvalue weighted by molar-refractivity contribution is -0.122. The molecule has 2 aliphatic heterocycles. The summed E-state index contributed by atoms with van der Waals surface area (Å²) in [6.45, 7) is 15.7. The van der Waals surface area contributed by atoms with Crippen molar-refractivity contribution in [1.82, 2.24) is 5.32 Å². The second-order valence-electron chi connectivity index (χ2n) is 10.2. The lowest BCUT2D eigenvalue weighted by Gasteiger charge is -2.43. The second-order valence-corrected chi connectivity index (χ2v) is 10.5. The smallest absolute Gasteiger partial charge is 0.270 e. The fraction of sp³-hybridized carbons (Fsp3) is 0.345. The number of rotatable bonds is 4. The molecule has 182 valence electrons. The van der Waals surface area contributed by atoms with E-state index in [2.05, 4.69) is 56.1 Å². The summed E-state index contributed by atoms with van der Waals surface area (Å²) in [6, 6.07) is 10.1. The molecular weight excluding hydrogens is 454 g/mol. The summed E-state index contributed by atoms with van der Waals surface area (Å²) in [5.74, 6) is -0.888. The van der Waals surface area contributed by atoms with Gasteiger partial charge in [-0.15, -0.1) is 0 Å². The van der Waals surface area contributed by atoms with Crippen LogP contribution in [0.3, 0.4) is 0 Å². The number of anilines is 2.